The third kappa shape index (κ3) is 5.16. The Hall–Kier alpha value is -2.93. The number of piperazine rings is 1. The number of amides is 1. The molecule has 2 aromatic carbocycles. The van der Waals surface area contributed by atoms with E-state index in [0.717, 1.165) is 18.4 Å². The van der Waals surface area contributed by atoms with Gasteiger partial charge in [0.25, 0.3) is 5.91 Å². The number of carbonyl (C=O) groups is 2. The van der Waals surface area contributed by atoms with Gasteiger partial charge in [-0.2, -0.15) is 0 Å². The molecule has 1 aliphatic rings. The van der Waals surface area contributed by atoms with E-state index in [0.29, 0.717) is 30.2 Å². The first-order valence-electron chi connectivity index (χ1n) is 9.95. The number of hydrogen-bond donors (Lipinski definition) is 0. The Morgan fingerprint density at radius 3 is 2.50 bits per heavy atom. The highest BCUT2D eigenvalue weighted by molar-refractivity contribution is 5.79. The third-order valence-corrected chi connectivity index (χ3v) is 5.41. The zero-order valence-electron chi connectivity index (χ0n) is 17.5. The minimum atomic E-state index is -0.243. The molecule has 0 radical (unpaired) electrons. The molecule has 3 rings (SSSR count). The van der Waals surface area contributed by atoms with E-state index in [4.69, 9.17) is 9.47 Å². The summed E-state index contributed by atoms with van der Waals surface area (Å²) < 4.78 is 24.1. The molecule has 30 heavy (non-hydrogen) atoms. The molecule has 1 fully saturated rings. The van der Waals surface area contributed by atoms with Crippen LogP contribution >= 0.6 is 0 Å². The van der Waals surface area contributed by atoms with Gasteiger partial charge in [0.2, 0.25) is 0 Å². The summed E-state index contributed by atoms with van der Waals surface area (Å²) in [5.74, 6) is 0.496. The van der Waals surface area contributed by atoms with Crippen LogP contribution in [0.3, 0.4) is 0 Å². The van der Waals surface area contributed by atoms with Crippen LogP contribution < -0.4 is 9.47 Å². The van der Waals surface area contributed by atoms with Gasteiger partial charge in [-0.1, -0.05) is 12.1 Å². The van der Waals surface area contributed by atoms with Gasteiger partial charge >= 0.3 is 0 Å². The maximum Gasteiger partial charge on any atom is 0.260 e. The summed E-state index contributed by atoms with van der Waals surface area (Å²) in [6, 6.07) is 11.5. The zero-order chi connectivity index (χ0) is 21.7. The molecular formula is C23H27FN2O4. The van der Waals surface area contributed by atoms with Crippen LogP contribution in [0.2, 0.25) is 0 Å². The van der Waals surface area contributed by atoms with Crippen molar-refractivity contribution in [2.45, 2.75) is 32.5 Å². The quantitative estimate of drug-likeness (QED) is 0.652. The Morgan fingerprint density at radius 2 is 1.83 bits per heavy atom. The molecular weight excluding hydrogens is 387 g/mol. The molecule has 160 valence electrons. The number of aldehydes is 1. The summed E-state index contributed by atoms with van der Waals surface area (Å²) in [4.78, 5) is 27.8. The second-order valence-electron chi connectivity index (χ2n) is 7.62. The number of benzene rings is 2. The van der Waals surface area contributed by atoms with Gasteiger partial charge in [0, 0.05) is 37.3 Å². The number of nitrogens with zero attached hydrogens (tertiary/aromatic N) is 2. The van der Waals surface area contributed by atoms with Gasteiger partial charge in [-0.3, -0.25) is 14.5 Å². The minimum absolute atomic E-state index is 0.0251. The highest BCUT2D eigenvalue weighted by atomic mass is 19.1. The Labute approximate surface area is 176 Å². The Bertz CT molecular complexity index is 887. The predicted octanol–water partition coefficient (Wildman–Crippen LogP) is 3.15. The van der Waals surface area contributed by atoms with Gasteiger partial charge in [-0.25, -0.2) is 4.39 Å². The van der Waals surface area contributed by atoms with Crippen molar-refractivity contribution in [1.82, 2.24) is 9.80 Å². The van der Waals surface area contributed by atoms with E-state index in [1.54, 1.807) is 30.3 Å². The van der Waals surface area contributed by atoms with Gasteiger partial charge < -0.3 is 14.4 Å². The van der Waals surface area contributed by atoms with Crippen LogP contribution in [0, 0.1) is 5.82 Å². The molecule has 0 unspecified atom stereocenters. The lowest BCUT2D eigenvalue weighted by Crippen LogP contribution is -2.58. The molecule has 0 aromatic heterocycles. The summed E-state index contributed by atoms with van der Waals surface area (Å²) >= 11 is 0. The van der Waals surface area contributed by atoms with E-state index < -0.39 is 0 Å². The second kappa shape index (κ2) is 9.71. The average Bonchev–Trinajstić information content (AvgIpc) is 2.75. The topological polar surface area (TPSA) is 59.1 Å². The molecule has 0 N–H and O–H groups in total. The number of carbonyl (C=O) groups excluding carboxylic acids is 2. The zero-order valence-corrected chi connectivity index (χ0v) is 17.5. The molecule has 1 heterocycles. The van der Waals surface area contributed by atoms with E-state index in [9.17, 15) is 14.0 Å². The molecule has 0 aliphatic carbocycles. The number of ether oxygens (including phenoxy) is 2. The van der Waals surface area contributed by atoms with Crippen molar-refractivity contribution in [2.24, 2.45) is 0 Å². The summed E-state index contributed by atoms with van der Waals surface area (Å²) in [7, 11) is 1.49. The molecule has 0 saturated carbocycles. The van der Waals surface area contributed by atoms with E-state index in [1.165, 1.54) is 19.2 Å². The molecule has 2 aromatic rings. The standard InChI is InChI=1S/C23H27FN2O4/c1-16-12-26(17(2)11-25(16)13-18-4-7-20(24)8-5-18)23(28)15-30-21-9-6-19(14-27)10-22(21)29-3/h4-10,14,16-17H,11-13,15H2,1-3H3/t16-,17+/m1/s1. The maximum atomic E-state index is 13.1. The van der Waals surface area contributed by atoms with Gasteiger partial charge in [-0.15, -0.1) is 0 Å². The lowest BCUT2D eigenvalue weighted by molar-refractivity contribution is -0.139. The SMILES string of the molecule is COc1cc(C=O)ccc1OCC(=O)N1C[C@@H](C)N(Cc2ccc(F)cc2)C[C@@H]1C. The lowest BCUT2D eigenvalue weighted by Gasteiger charge is -2.44. The lowest BCUT2D eigenvalue weighted by atomic mass is 10.1. The Kier molecular flexibility index (Phi) is 7.05. The van der Waals surface area contributed by atoms with Crippen LogP contribution in [0.4, 0.5) is 4.39 Å². The fourth-order valence-electron chi connectivity index (χ4n) is 3.69. The first-order chi connectivity index (χ1) is 14.4. The normalized spacial score (nSPS) is 19.4. The molecule has 1 aliphatic heterocycles. The Balaban J connectivity index is 1.58. The van der Waals surface area contributed by atoms with Gasteiger partial charge in [0.1, 0.15) is 12.1 Å². The second-order valence-corrected chi connectivity index (χ2v) is 7.62. The van der Waals surface area contributed by atoms with Crippen LogP contribution in [0.15, 0.2) is 42.5 Å². The molecule has 6 nitrogen and oxygen atoms in total. The summed E-state index contributed by atoms with van der Waals surface area (Å²) in [6.07, 6.45) is 0.728. The first kappa shape index (κ1) is 21.8. The molecule has 1 saturated heterocycles. The largest absolute Gasteiger partial charge is 0.493 e. The summed E-state index contributed by atoms with van der Waals surface area (Å²) in [6.45, 7) is 6.02. The van der Waals surface area contributed by atoms with Crippen molar-refractivity contribution < 1.29 is 23.5 Å². The first-order valence-corrected chi connectivity index (χ1v) is 9.95. The summed E-state index contributed by atoms with van der Waals surface area (Å²) in [5, 5.41) is 0. The highest BCUT2D eigenvalue weighted by Gasteiger charge is 2.32. The minimum Gasteiger partial charge on any atom is -0.493 e. The number of halogens is 1. The van der Waals surface area contributed by atoms with Gasteiger partial charge in [0.05, 0.1) is 7.11 Å². The number of methoxy groups -OCH3 is 1. The maximum absolute atomic E-state index is 13.1. The van der Waals surface area contributed by atoms with Crippen molar-refractivity contribution in [1.29, 1.82) is 0 Å². The van der Waals surface area contributed by atoms with Crippen molar-refractivity contribution in [2.75, 3.05) is 26.8 Å². The molecule has 1 amide bonds. The molecule has 0 bridgehead atoms. The monoisotopic (exact) mass is 414 g/mol. The number of rotatable bonds is 7. The van der Waals surface area contributed by atoms with Crippen molar-refractivity contribution >= 4 is 12.2 Å². The fraction of sp³-hybridized carbons (Fsp3) is 0.391. The van der Waals surface area contributed by atoms with Crippen LogP contribution in [0.5, 0.6) is 11.5 Å². The van der Waals surface area contributed by atoms with E-state index in [2.05, 4.69) is 11.8 Å². The summed E-state index contributed by atoms with van der Waals surface area (Å²) in [5.41, 5.74) is 1.52. The molecule has 0 spiro atoms. The average molecular weight is 414 g/mol. The van der Waals surface area contributed by atoms with E-state index in [-0.39, 0.29) is 30.4 Å². The predicted molar refractivity (Wildman–Crippen MR) is 111 cm³/mol. The van der Waals surface area contributed by atoms with Crippen LogP contribution in [-0.2, 0) is 11.3 Å². The van der Waals surface area contributed by atoms with Crippen LogP contribution in [0.25, 0.3) is 0 Å². The van der Waals surface area contributed by atoms with Gasteiger partial charge in [0.15, 0.2) is 18.1 Å². The van der Waals surface area contributed by atoms with Crippen molar-refractivity contribution in [3.05, 3.63) is 59.4 Å². The Morgan fingerprint density at radius 1 is 1.10 bits per heavy atom. The van der Waals surface area contributed by atoms with Crippen LogP contribution in [-0.4, -0.2) is 60.9 Å². The molecule has 2 atom stereocenters. The fourth-order valence-corrected chi connectivity index (χ4v) is 3.69. The number of hydrogen-bond acceptors (Lipinski definition) is 5. The van der Waals surface area contributed by atoms with Crippen molar-refractivity contribution in [3.8, 4) is 11.5 Å². The van der Waals surface area contributed by atoms with Gasteiger partial charge in [-0.05, 0) is 49.7 Å². The highest BCUT2D eigenvalue weighted by Crippen LogP contribution is 2.28. The smallest absolute Gasteiger partial charge is 0.260 e. The molecule has 7 heteroatoms. The van der Waals surface area contributed by atoms with E-state index in [1.807, 2.05) is 11.8 Å². The van der Waals surface area contributed by atoms with Crippen LogP contribution in [0.1, 0.15) is 29.8 Å². The third-order valence-electron chi connectivity index (χ3n) is 5.41. The van der Waals surface area contributed by atoms with Crippen molar-refractivity contribution in [3.63, 3.8) is 0 Å². The van der Waals surface area contributed by atoms with E-state index >= 15 is 0 Å².